The molecular weight excluding hydrogens is 200 g/mol. The van der Waals surface area contributed by atoms with Gasteiger partial charge in [0.2, 0.25) is 0 Å². The molecule has 1 rings (SSSR count). The van der Waals surface area contributed by atoms with Crippen LogP contribution in [0.25, 0.3) is 0 Å². The Kier molecular flexibility index (Phi) is 3.60. The fraction of sp³-hybridized carbons (Fsp3) is 0.556. The third-order valence-corrected chi connectivity index (χ3v) is 2.88. The third-order valence-electron chi connectivity index (χ3n) is 1.82. The van der Waals surface area contributed by atoms with Crippen LogP contribution in [0, 0.1) is 13.8 Å². The van der Waals surface area contributed by atoms with E-state index in [0.717, 1.165) is 15.6 Å². The lowest BCUT2D eigenvalue weighted by molar-refractivity contribution is -0.138. The summed E-state index contributed by atoms with van der Waals surface area (Å²) in [6.07, 6.45) is 0. The molecule has 1 heterocycles. The maximum absolute atomic E-state index is 10.4. The van der Waals surface area contributed by atoms with Gasteiger partial charge in [0.25, 0.3) is 0 Å². The molecular formula is C9H14N2O2S. The molecule has 0 atom stereocenters. The molecule has 5 heteroatoms. The van der Waals surface area contributed by atoms with Crippen LogP contribution in [0.5, 0.6) is 0 Å². The second kappa shape index (κ2) is 4.52. The number of hydrogen-bond acceptors (Lipinski definition) is 4. The van der Waals surface area contributed by atoms with Crippen molar-refractivity contribution in [1.82, 2.24) is 9.88 Å². The molecule has 1 aromatic heterocycles. The molecule has 1 N–H and O–H groups in total. The third kappa shape index (κ3) is 3.08. The first kappa shape index (κ1) is 11.1. The van der Waals surface area contributed by atoms with Crippen molar-refractivity contribution in [3.05, 3.63) is 15.6 Å². The lowest BCUT2D eigenvalue weighted by atomic mass is 10.3. The molecule has 0 aromatic carbocycles. The molecule has 4 nitrogen and oxygen atoms in total. The molecule has 0 radical (unpaired) electrons. The van der Waals surface area contributed by atoms with Gasteiger partial charge in [0.15, 0.2) is 0 Å². The quantitative estimate of drug-likeness (QED) is 0.820. The Balaban J connectivity index is 2.59. The molecule has 0 aliphatic carbocycles. The monoisotopic (exact) mass is 214 g/mol. The summed E-state index contributed by atoms with van der Waals surface area (Å²) in [5.41, 5.74) is 1.00. The number of carbonyl (C=O) groups is 1. The van der Waals surface area contributed by atoms with Crippen molar-refractivity contribution in [3.8, 4) is 0 Å². The van der Waals surface area contributed by atoms with Crippen LogP contribution in [0.4, 0.5) is 0 Å². The number of carboxylic acid groups (broad SMARTS) is 1. The highest BCUT2D eigenvalue weighted by Crippen LogP contribution is 2.18. The summed E-state index contributed by atoms with van der Waals surface area (Å²) >= 11 is 1.62. The number of aryl methyl sites for hydroxylation is 2. The number of likely N-dealkylation sites (N-methyl/N-ethyl adjacent to an activating group) is 1. The summed E-state index contributed by atoms with van der Waals surface area (Å²) < 4.78 is 0. The molecule has 0 saturated carbocycles. The van der Waals surface area contributed by atoms with E-state index in [-0.39, 0.29) is 6.54 Å². The average molecular weight is 214 g/mol. The summed E-state index contributed by atoms with van der Waals surface area (Å²) in [5, 5.41) is 9.61. The summed E-state index contributed by atoms with van der Waals surface area (Å²) in [5.74, 6) is -0.800. The molecule has 0 fully saturated rings. The van der Waals surface area contributed by atoms with Crippen molar-refractivity contribution in [2.24, 2.45) is 0 Å². The first-order valence-corrected chi connectivity index (χ1v) is 5.14. The van der Waals surface area contributed by atoms with Crippen LogP contribution in [0.1, 0.15) is 15.6 Å². The Morgan fingerprint density at radius 1 is 1.57 bits per heavy atom. The molecule has 0 unspecified atom stereocenters. The van der Waals surface area contributed by atoms with Crippen LogP contribution in [-0.4, -0.2) is 34.6 Å². The number of rotatable bonds is 4. The Hall–Kier alpha value is -0.940. The van der Waals surface area contributed by atoms with Gasteiger partial charge in [0.1, 0.15) is 0 Å². The molecule has 78 valence electrons. The molecule has 0 aliphatic heterocycles. The standard InChI is InChI=1S/C9H14N2O2S/c1-6-8(14-7(2)10-6)4-11(3)5-9(12)13/h4-5H2,1-3H3,(H,12,13). The predicted molar refractivity (Wildman–Crippen MR) is 55.6 cm³/mol. The molecule has 1 aromatic rings. The first-order valence-electron chi connectivity index (χ1n) is 4.32. The van der Waals surface area contributed by atoms with Crippen molar-refractivity contribution in [3.63, 3.8) is 0 Å². The predicted octanol–water partition coefficient (Wildman–Crippen LogP) is 1.28. The Labute approximate surface area is 87.2 Å². The van der Waals surface area contributed by atoms with Gasteiger partial charge in [0.05, 0.1) is 17.2 Å². The smallest absolute Gasteiger partial charge is 0.317 e. The number of thiazole rings is 1. The summed E-state index contributed by atoms with van der Waals surface area (Å²) in [7, 11) is 1.79. The van der Waals surface area contributed by atoms with Gasteiger partial charge < -0.3 is 5.11 Å². The van der Waals surface area contributed by atoms with Gasteiger partial charge >= 0.3 is 5.97 Å². The van der Waals surface area contributed by atoms with E-state index in [1.807, 2.05) is 13.8 Å². The maximum Gasteiger partial charge on any atom is 0.317 e. The maximum atomic E-state index is 10.4. The van der Waals surface area contributed by atoms with Gasteiger partial charge in [-0.25, -0.2) is 4.98 Å². The van der Waals surface area contributed by atoms with Gasteiger partial charge in [-0.05, 0) is 20.9 Å². The second-order valence-electron chi connectivity index (χ2n) is 3.31. The van der Waals surface area contributed by atoms with Gasteiger partial charge in [-0.2, -0.15) is 0 Å². The van der Waals surface area contributed by atoms with Gasteiger partial charge in [-0.1, -0.05) is 0 Å². The Bertz CT molecular complexity index is 336. The van der Waals surface area contributed by atoms with E-state index >= 15 is 0 Å². The summed E-state index contributed by atoms with van der Waals surface area (Å²) in [4.78, 5) is 17.6. The fourth-order valence-corrected chi connectivity index (χ4v) is 2.27. The van der Waals surface area contributed by atoms with Crippen LogP contribution in [0.2, 0.25) is 0 Å². The highest BCUT2D eigenvalue weighted by atomic mass is 32.1. The van der Waals surface area contributed by atoms with E-state index in [0.29, 0.717) is 6.54 Å². The van der Waals surface area contributed by atoms with E-state index in [9.17, 15) is 4.79 Å². The van der Waals surface area contributed by atoms with Crippen molar-refractivity contribution in [2.75, 3.05) is 13.6 Å². The van der Waals surface area contributed by atoms with E-state index < -0.39 is 5.97 Å². The lowest BCUT2D eigenvalue weighted by Gasteiger charge is -2.12. The number of aromatic nitrogens is 1. The zero-order valence-electron chi connectivity index (χ0n) is 8.57. The second-order valence-corrected chi connectivity index (χ2v) is 4.60. The van der Waals surface area contributed by atoms with Gasteiger partial charge in [-0.3, -0.25) is 9.69 Å². The zero-order valence-corrected chi connectivity index (χ0v) is 9.39. The minimum Gasteiger partial charge on any atom is -0.480 e. The first-order chi connectivity index (χ1) is 6.49. The van der Waals surface area contributed by atoms with Gasteiger partial charge in [-0.15, -0.1) is 11.3 Å². The number of hydrogen-bond donors (Lipinski definition) is 1. The van der Waals surface area contributed by atoms with Crippen LogP contribution in [0.15, 0.2) is 0 Å². The molecule has 0 saturated heterocycles. The normalized spacial score (nSPS) is 10.9. The van der Waals surface area contributed by atoms with Gasteiger partial charge in [0, 0.05) is 11.4 Å². The van der Waals surface area contributed by atoms with Crippen molar-refractivity contribution in [1.29, 1.82) is 0 Å². The minimum absolute atomic E-state index is 0.0659. The molecule has 0 amide bonds. The van der Waals surface area contributed by atoms with Crippen molar-refractivity contribution < 1.29 is 9.90 Å². The highest BCUT2D eigenvalue weighted by molar-refractivity contribution is 7.11. The zero-order chi connectivity index (χ0) is 10.7. The topological polar surface area (TPSA) is 53.4 Å². The van der Waals surface area contributed by atoms with E-state index in [1.165, 1.54) is 0 Å². The van der Waals surface area contributed by atoms with Crippen LogP contribution in [0.3, 0.4) is 0 Å². The molecule has 0 bridgehead atoms. The molecule has 14 heavy (non-hydrogen) atoms. The Morgan fingerprint density at radius 2 is 2.21 bits per heavy atom. The largest absolute Gasteiger partial charge is 0.480 e. The van der Waals surface area contributed by atoms with Crippen molar-refractivity contribution in [2.45, 2.75) is 20.4 Å². The molecule has 0 spiro atoms. The lowest BCUT2D eigenvalue weighted by Crippen LogP contribution is -2.24. The van der Waals surface area contributed by atoms with E-state index in [1.54, 1.807) is 23.3 Å². The van der Waals surface area contributed by atoms with E-state index in [2.05, 4.69) is 4.98 Å². The average Bonchev–Trinajstić information content (AvgIpc) is 2.28. The summed E-state index contributed by atoms with van der Waals surface area (Å²) in [6.45, 7) is 4.63. The fourth-order valence-electron chi connectivity index (χ4n) is 1.25. The number of carboxylic acids is 1. The number of aliphatic carboxylic acids is 1. The van der Waals surface area contributed by atoms with Crippen molar-refractivity contribution >= 4 is 17.3 Å². The number of nitrogens with zero attached hydrogens (tertiary/aromatic N) is 2. The minimum atomic E-state index is -0.800. The van der Waals surface area contributed by atoms with Crippen LogP contribution >= 0.6 is 11.3 Å². The Morgan fingerprint density at radius 3 is 2.64 bits per heavy atom. The SMILES string of the molecule is Cc1nc(C)c(CN(C)CC(=O)O)s1. The highest BCUT2D eigenvalue weighted by Gasteiger charge is 2.09. The van der Waals surface area contributed by atoms with E-state index in [4.69, 9.17) is 5.11 Å². The summed E-state index contributed by atoms with van der Waals surface area (Å²) in [6, 6.07) is 0. The van der Waals surface area contributed by atoms with Crippen LogP contribution in [-0.2, 0) is 11.3 Å². The van der Waals surface area contributed by atoms with Crippen LogP contribution < -0.4 is 0 Å². The molecule has 0 aliphatic rings.